The van der Waals surface area contributed by atoms with Crippen LogP contribution in [0.4, 0.5) is 0 Å². The molecule has 0 fully saturated rings. The first-order chi connectivity index (χ1) is 18.9. The average Bonchev–Trinajstić information content (AvgIpc) is 2.91. The third-order valence-corrected chi connectivity index (χ3v) is 6.08. The van der Waals surface area contributed by atoms with Crippen LogP contribution in [0.5, 0.6) is 23.0 Å². The smallest absolute Gasteiger partial charge is 0.343 e. The second-order valence-electron chi connectivity index (χ2n) is 11.3. The lowest BCUT2D eigenvalue weighted by molar-refractivity contribution is -0.123. The molecule has 1 amide bonds. The van der Waals surface area contributed by atoms with E-state index >= 15 is 0 Å². The highest BCUT2D eigenvalue weighted by Crippen LogP contribution is 2.36. The number of esters is 1. The minimum Gasteiger partial charge on any atom is -0.497 e. The van der Waals surface area contributed by atoms with Crippen LogP contribution in [-0.2, 0) is 10.2 Å². The van der Waals surface area contributed by atoms with Gasteiger partial charge in [0.25, 0.3) is 5.91 Å². The van der Waals surface area contributed by atoms with Crippen LogP contribution >= 0.6 is 0 Å². The lowest BCUT2D eigenvalue weighted by Gasteiger charge is -2.33. The van der Waals surface area contributed by atoms with Gasteiger partial charge in [-0.25, -0.2) is 10.2 Å². The summed E-state index contributed by atoms with van der Waals surface area (Å²) in [6.07, 6.45) is 2.50. The van der Waals surface area contributed by atoms with Crippen LogP contribution in [0.25, 0.3) is 0 Å². The zero-order chi connectivity index (χ0) is 29.3. The van der Waals surface area contributed by atoms with Crippen LogP contribution in [-0.4, -0.2) is 38.9 Å². The zero-order valence-electron chi connectivity index (χ0n) is 24.2. The Hall–Kier alpha value is -4.33. The number of nitrogens with zero attached hydrogens (tertiary/aromatic N) is 1. The summed E-state index contributed by atoms with van der Waals surface area (Å²) < 4.78 is 21.6. The van der Waals surface area contributed by atoms with Gasteiger partial charge in [0.1, 0.15) is 11.5 Å². The molecule has 0 saturated heterocycles. The maximum Gasteiger partial charge on any atom is 0.343 e. The third-order valence-electron chi connectivity index (χ3n) is 6.08. The van der Waals surface area contributed by atoms with Crippen molar-refractivity contribution in [1.29, 1.82) is 0 Å². The Balaban J connectivity index is 1.52. The Labute approximate surface area is 236 Å². The fourth-order valence-electron chi connectivity index (χ4n) is 4.55. The van der Waals surface area contributed by atoms with Crippen molar-refractivity contribution >= 4 is 18.1 Å². The van der Waals surface area contributed by atoms with E-state index in [0.717, 1.165) is 6.42 Å². The van der Waals surface area contributed by atoms with Gasteiger partial charge in [-0.05, 0) is 76.9 Å². The monoisotopic (exact) mass is 546 g/mol. The number of ether oxygens (including phenoxy) is 4. The number of carbonyl (C=O) groups is 2. The van der Waals surface area contributed by atoms with E-state index in [-0.39, 0.29) is 23.2 Å². The summed E-state index contributed by atoms with van der Waals surface area (Å²) in [5, 5.41) is 3.99. The van der Waals surface area contributed by atoms with Crippen LogP contribution in [0, 0.1) is 5.41 Å². The summed E-state index contributed by atoms with van der Waals surface area (Å²) in [4.78, 5) is 24.8. The molecule has 0 spiro atoms. The number of hydrogen-bond acceptors (Lipinski definition) is 7. The van der Waals surface area contributed by atoms with Gasteiger partial charge in [-0.1, -0.05) is 52.8 Å². The molecule has 0 unspecified atom stereocenters. The Morgan fingerprint density at radius 2 is 1.57 bits per heavy atom. The number of hydrogen-bond donors (Lipinski definition) is 1. The van der Waals surface area contributed by atoms with Crippen molar-refractivity contribution in [2.24, 2.45) is 10.5 Å². The number of benzene rings is 3. The standard InChI is InChI=1S/C32H38N2O6/c1-31(2,3)21-32(4,5)24-12-14-25(15-13-24)39-20-29(35)34-33-19-22-11-16-27(28(17-22)38-7)40-30(36)23-9-8-10-26(18-23)37-6/h8-19H,20-21H2,1-7H3,(H,34,35)/b33-19+. The van der Waals surface area contributed by atoms with Gasteiger partial charge in [-0.2, -0.15) is 5.10 Å². The van der Waals surface area contributed by atoms with E-state index in [1.807, 2.05) is 24.3 Å². The largest absolute Gasteiger partial charge is 0.497 e. The highest BCUT2D eigenvalue weighted by atomic mass is 16.6. The highest BCUT2D eigenvalue weighted by molar-refractivity contribution is 5.92. The first-order valence-electron chi connectivity index (χ1n) is 13.0. The van der Waals surface area contributed by atoms with Gasteiger partial charge in [-0.3, -0.25) is 4.79 Å². The first-order valence-corrected chi connectivity index (χ1v) is 13.0. The average molecular weight is 547 g/mol. The predicted molar refractivity (Wildman–Crippen MR) is 156 cm³/mol. The minimum atomic E-state index is -0.547. The zero-order valence-corrected chi connectivity index (χ0v) is 24.2. The van der Waals surface area contributed by atoms with Crippen molar-refractivity contribution in [3.8, 4) is 23.0 Å². The Kier molecular flexibility index (Phi) is 9.93. The molecular weight excluding hydrogens is 508 g/mol. The van der Waals surface area contributed by atoms with E-state index in [9.17, 15) is 9.59 Å². The molecule has 3 aromatic carbocycles. The van der Waals surface area contributed by atoms with Crippen LogP contribution in [0.3, 0.4) is 0 Å². The molecule has 212 valence electrons. The van der Waals surface area contributed by atoms with Crippen molar-refractivity contribution in [2.75, 3.05) is 20.8 Å². The summed E-state index contributed by atoms with van der Waals surface area (Å²) >= 11 is 0. The molecule has 0 aliphatic rings. The molecular formula is C32H38N2O6. The fourth-order valence-corrected chi connectivity index (χ4v) is 4.55. The van der Waals surface area contributed by atoms with Crippen molar-refractivity contribution < 1.29 is 28.5 Å². The van der Waals surface area contributed by atoms with Gasteiger partial charge in [0.2, 0.25) is 0 Å². The Morgan fingerprint density at radius 3 is 2.23 bits per heavy atom. The SMILES string of the molecule is COc1cccc(C(=O)Oc2ccc(/C=N/NC(=O)COc3ccc(C(C)(C)CC(C)(C)C)cc3)cc2OC)c1. The molecule has 0 radical (unpaired) electrons. The van der Waals surface area contributed by atoms with Gasteiger partial charge < -0.3 is 18.9 Å². The lowest BCUT2D eigenvalue weighted by atomic mass is 9.72. The topological polar surface area (TPSA) is 95.5 Å². The van der Waals surface area contributed by atoms with Gasteiger partial charge >= 0.3 is 5.97 Å². The number of carbonyl (C=O) groups excluding carboxylic acids is 2. The summed E-state index contributed by atoms with van der Waals surface area (Å²) in [5.41, 5.74) is 4.89. The summed E-state index contributed by atoms with van der Waals surface area (Å²) in [6.45, 7) is 11.0. The second-order valence-corrected chi connectivity index (χ2v) is 11.3. The van der Waals surface area contributed by atoms with Gasteiger partial charge in [0.05, 0.1) is 26.0 Å². The van der Waals surface area contributed by atoms with Crippen LogP contribution in [0.2, 0.25) is 0 Å². The number of methoxy groups -OCH3 is 2. The molecule has 3 aromatic rings. The molecule has 3 rings (SSSR count). The Morgan fingerprint density at radius 1 is 0.850 bits per heavy atom. The van der Waals surface area contributed by atoms with Crippen molar-refractivity contribution in [2.45, 2.75) is 46.5 Å². The first kappa shape index (κ1) is 30.2. The van der Waals surface area contributed by atoms with Crippen LogP contribution < -0.4 is 24.4 Å². The Bertz CT molecular complexity index is 1340. The number of hydrazone groups is 1. The molecule has 8 heteroatoms. The van der Waals surface area contributed by atoms with Crippen molar-refractivity contribution in [1.82, 2.24) is 5.43 Å². The van der Waals surface area contributed by atoms with Gasteiger partial charge in [0.15, 0.2) is 18.1 Å². The van der Waals surface area contributed by atoms with E-state index in [2.05, 4.69) is 45.1 Å². The number of amides is 1. The van der Waals surface area contributed by atoms with Crippen LogP contribution in [0.15, 0.2) is 71.8 Å². The molecule has 0 atom stereocenters. The fraction of sp³-hybridized carbons (Fsp3) is 0.344. The van der Waals surface area contributed by atoms with E-state index in [1.165, 1.54) is 26.0 Å². The molecule has 1 N–H and O–H groups in total. The van der Waals surface area contributed by atoms with Gasteiger partial charge in [0, 0.05) is 0 Å². The third kappa shape index (κ3) is 8.86. The summed E-state index contributed by atoms with van der Waals surface area (Å²) in [6, 6.07) is 19.4. The number of nitrogens with one attached hydrogen (secondary N) is 1. The molecule has 0 aromatic heterocycles. The van der Waals surface area contributed by atoms with E-state index in [0.29, 0.717) is 28.4 Å². The van der Waals surface area contributed by atoms with Crippen LogP contribution in [0.1, 0.15) is 62.5 Å². The molecule has 0 heterocycles. The second kappa shape index (κ2) is 13.2. The van der Waals surface area contributed by atoms with E-state index in [1.54, 1.807) is 42.5 Å². The minimum absolute atomic E-state index is 0.0292. The maximum absolute atomic E-state index is 12.5. The van der Waals surface area contributed by atoms with E-state index in [4.69, 9.17) is 18.9 Å². The summed E-state index contributed by atoms with van der Waals surface area (Å²) in [5.74, 6) is 0.798. The lowest BCUT2D eigenvalue weighted by Crippen LogP contribution is -2.25. The van der Waals surface area contributed by atoms with Crippen molar-refractivity contribution in [3.63, 3.8) is 0 Å². The molecule has 8 nitrogen and oxygen atoms in total. The van der Waals surface area contributed by atoms with Crippen molar-refractivity contribution in [3.05, 3.63) is 83.4 Å². The maximum atomic E-state index is 12.5. The summed E-state index contributed by atoms with van der Waals surface area (Å²) in [7, 11) is 2.99. The van der Waals surface area contributed by atoms with E-state index < -0.39 is 11.9 Å². The van der Waals surface area contributed by atoms with Gasteiger partial charge in [-0.15, -0.1) is 0 Å². The molecule has 0 aliphatic carbocycles. The molecule has 0 bridgehead atoms. The highest BCUT2D eigenvalue weighted by Gasteiger charge is 2.27. The molecule has 40 heavy (non-hydrogen) atoms. The molecule has 0 aliphatic heterocycles. The molecule has 0 saturated carbocycles. The predicted octanol–water partition coefficient (Wildman–Crippen LogP) is 6.17. The normalized spacial score (nSPS) is 11.7. The quantitative estimate of drug-likeness (QED) is 0.134. The number of rotatable bonds is 11.